The summed E-state index contributed by atoms with van der Waals surface area (Å²) in [7, 11) is 0. The molecule has 3 aromatic carbocycles. The van der Waals surface area contributed by atoms with E-state index in [1.165, 1.54) is 24.4 Å². The monoisotopic (exact) mass is 440 g/mol. The molecule has 0 bridgehead atoms. The quantitative estimate of drug-likeness (QED) is 0.273. The molecular weight excluding hydrogens is 427 g/mol. The summed E-state index contributed by atoms with van der Waals surface area (Å²) in [4.78, 5) is 24.0. The third-order valence-corrected chi connectivity index (χ3v) is 4.14. The van der Waals surface area contributed by atoms with Gasteiger partial charge in [-0.25, -0.2) is 14.6 Å². The fraction of sp³-hybridized carbons (Fsp3) is 0. The lowest BCUT2D eigenvalue weighted by atomic mass is 10.2. The molecule has 0 aromatic heterocycles. The number of esters is 1. The Bertz CT molecular complexity index is 1040. The summed E-state index contributed by atoms with van der Waals surface area (Å²) in [6, 6.07) is 18.9. The van der Waals surface area contributed by atoms with Crippen LogP contribution >= 0.6 is 15.9 Å². The summed E-state index contributed by atoms with van der Waals surface area (Å²) in [6.45, 7) is 0. The van der Waals surface area contributed by atoms with E-state index in [0.29, 0.717) is 11.1 Å². The highest BCUT2D eigenvalue weighted by Crippen LogP contribution is 2.15. The zero-order valence-corrected chi connectivity index (χ0v) is 16.0. The van der Waals surface area contributed by atoms with E-state index < -0.39 is 11.8 Å². The smallest absolute Gasteiger partial charge is 0.346 e. The van der Waals surface area contributed by atoms with Crippen LogP contribution in [0.25, 0.3) is 0 Å². The van der Waals surface area contributed by atoms with Gasteiger partial charge in [0.1, 0.15) is 11.6 Å². The number of amides is 1. The van der Waals surface area contributed by atoms with Crippen LogP contribution in [0.4, 0.5) is 4.39 Å². The van der Waals surface area contributed by atoms with Crippen molar-refractivity contribution < 1.29 is 18.7 Å². The fourth-order valence-electron chi connectivity index (χ4n) is 2.27. The maximum absolute atomic E-state index is 13.6. The first-order chi connectivity index (χ1) is 13.5. The number of hydrogen-bond donors (Lipinski definition) is 1. The Hall–Kier alpha value is -3.32. The van der Waals surface area contributed by atoms with Crippen LogP contribution in [0.3, 0.4) is 0 Å². The zero-order valence-electron chi connectivity index (χ0n) is 14.4. The van der Waals surface area contributed by atoms with Gasteiger partial charge in [-0.3, -0.25) is 4.79 Å². The van der Waals surface area contributed by atoms with Crippen LogP contribution in [0.2, 0.25) is 0 Å². The lowest BCUT2D eigenvalue weighted by Crippen LogP contribution is -2.17. The summed E-state index contributed by atoms with van der Waals surface area (Å²) in [6.07, 6.45) is 1.46. The van der Waals surface area contributed by atoms with Crippen molar-refractivity contribution in [2.75, 3.05) is 0 Å². The summed E-state index contributed by atoms with van der Waals surface area (Å²) in [5.41, 5.74) is 3.45. The van der Waals surface area contributed by atoms with Crippen LogP contribution in [0, 0.1) is 5.82 Å². The van der Waals surface area contributed by atoms with E-state index in [1.54, 1.807) is 48.5 Å². The largest absolute Gasteiger partial charge is 0.423 e. The minimum atomic E-state index is -0.777. The van der Waals surface area contributed by atoms with Gasteiger partial charge in [-0.2, -0.15) is 5.10 Å². The van der Waals surface area contributed by atoms with Gasteiger partial charge in [-0.1, -0.05) is 34.1 Å². The second-order valence-electron chi connectivity index (χ2n) is 5.65. The van der Waals surface area contributed by atoms with Gasteiger partial charge in [0.15, 0.2) is 0 Å². The molecule has 3 aromatic rings. The van der Waals surface area contributed by atoms with Crippen molar-refractivity contribution in [3.8, 4) is 5.75 Å². The lowest BCUT2D eigenvalue weighted by Gasteiger charge is -2.05. The third kappa shape index (κ3) is 5.11. The highest BCUT2D eigenvalue weighted by atomic mass is 79.9. The highest BCUT2D eigenvalue weighted by Gasteiger charge is 2.13. The second-order valence-corrected chi connectivity index (χ2v) is 6.56. The summed E-state index contributed by atoms with van der Waals surface area (Å²) >= 11 is 3.30. The summed E-state index contributed by atoms with van der Waals surface area (Å²) < 4.78 is 19.5. The molecule has 0 saturated carbocycles. The molecule has 0 fully saturated rings. The topological polar surface area (TPSA) is 67.8 Å². The molecule has 0 unspecified atom stereocenters. The molecule has 7 heteroatoms. The van der Waals surface area contributed by atoms with Gasteiger partial charge in [-0.15, -0.1) is 0 Å². The molecule has 140 valence electrons. The number of rotatable bonds is 5. The van der Waals surface area contributed by atoms with Crippen molar-refractivity contribution in [2.45, 2.75) is 0 Å². The summed E-state index contributed by atoms with van der Waals surface area (Å²) in [5, 5.41) is 3.90. The van der Waals surface area contributed by atoms with Gasteiger partial charge >= 0.3 is 5.97 Å². The Balaban J connectivity index is 1.58. The number of halogens is 2. The molecule has 1 N–H and O–H groups in total. The summed E-state index contributed by atoms with van der Waals surface area (Å²) in [5.74, 6) is -1.49. The van der Waals surface area contributed by atoms with E-state index in [0.717, 1.165) is 4.47 Å². The molecule has 0 heterocycles. The average Bonchev–Trinajstić information content (AvgIpc) is 2.69. The SMILES string of the molecule is O=C(NN=Cc1ccc(OC(=O)c2ccccc2F)cc1)c1cccc(Br)c1. The van der Waals surface area contributed by atoms with Gasteiger partial charge < -0.3 is 4.74 Å². The van der Waals surface area contributed by atoms with E-state index in [-0.39, 0.29) is 17.2 Å². The maximum Gasteiger partial charge on any atom is 0.346 e. The van der Waals surface area contributed by atoms with E-state index in [9.17, 15) is 14.0 Å². The van der Waals surface area contributed by atoms with Crippen molar-refractivity contribution >= 4 is 34.0 Å². The molecule has 5 nitrogen and oxygen atoms in total. The number of nitrogens with one attached hydrogen (secondary N) is 1. The molecular formula is C21H14BrFN2O3. The Morgan fingerprint density at radius 3 is 2.46 bits per heavy atom. The Morgan fingerprint density at radius 2 is 1.75 bits per heavy atom. The Morgan fingerprint density at radius 1 is 1.00 bits per heavy atom. The molecule has 0 saturated heterocycles. The molecule has 0 aliphatic carbocycles. The van der Waals surface area contributed by atoms with Gasteiger partial charge in [0.2, 0.25) is 0 Å². The molecule has 0 radical (unpaired) electrons. The van der Waals surface area contributed by atoms with Gasteiger partial charge in [0, 0.05) is 10.0 Å². The van der Waals surface area contributed by atoms with Crippen molar-refractivity contribution in [2.24, 2.45) is 5.10 Å². The van der Waals surface area contributed by atoms with Crippen LogP contribution in [0.1, 0.15) is 26.3 Å². The number of benzene rings is 3. The number of nitrogens with zero attached hydrogens (tertiary/aromatic N) is 1. The zero-order chi connectivity index (χ0) is 19.9. The Kier molecular flexibility index (Phi) is 6.29. The van der Waals surface area contributed by atoms with Gasteiger partial charge in [-0.05, 0) is 60.2 Å². The molecule has 0 spiro atoms. The van der Waals surface area contributed by atoms with E-state index in [2.05, 4.69) is 26.5 Å². The van der Waals surface area contributed by atoms with Crippen molar-refractivity contribution in [3.05, 3.63) is 99.8 Å². The van der Waals surface area contributed by atoms with Crippen LogP contribution in [-0.4, -0.2) is 18.1 Å². The number of ether oxygens (including phenoxy) is 1. The first-order valence-corrected chi connectivity index (χ1v) is 8.98. The number of hydrogen-bond acceptors (Lipinski definition) is 4. The number of carbonyl (C=O) groups is 2. The average molecular weight is 441 g/mol. The standard InChI is InChI=1S/C21H14BrFN2O3/c22-16-5-3-4-15(12-16)20(26)25-24-13-14-8-10-17(11-9-14)28-21(27)18-6-1-2-7-19(18)23/h1-13H,(H,25,26). The van der Waals surface area contributed by atoms with Crippen molar-refractivity contribution in [1.82, 2.24) is 5.43 Å². The predicted octanol–water partition coefficient (Wildman–Crippen LogP) is 4.57. The van der Waals surface area contributed by atoms with Gasteiger partial charge in [0.05, 0.1) is 11.8 Å². The van der Waals surface area contributed by atoms with Crippen LogP contribution in [0.15, 0.2) is 82.4 Å². The minimum absolute atomic E-state index is 0.136. The minimum Gasteiger partial charge on any atom is -0.423 e. The number of hydrazone groups is 1. The van der Waals surface area contributed by atoms with E-state index >= 15 is 0 Å². The predicted molar refractivity (Wildman–Crippen MR) is 107 cm³/mol. The normalized spacial score (nSPS) is 10.6. The highest BCUT2D eigenvalue weighted by molar-refractivity contribution is 9.10. The molecule has 1 amide bonds. The maximum atomic E-state index is 13.6. The van der Waals surface area contributed by atoms with Gasteiger partial charge in [0.25, 0.3) is 5.91 Å². The first-order valence-electron chi connectivity index (χ1n) is 8.19. The fourth-order valence-corrected chi connectivity index (χ4v) is 2.67. The molecule has 3 rings (SSSR count). The number of carbonyl (C=O) groups excluding carboxylic acids is 2. The van der Waals surface area contributed by atoms with Crippen molar-refractivity contribution in [3.63, 3.8) is 0 Å². The van der Waals surface area contributed by atoms with Crippen LogP contribution in [0.5, 0.6) is 5.75 Å². The second kappa shape index (κ2) is 9.05. The molecule has 0 aliphatic heterocycles. The third-order valence-electron chi connectivity index (χ3n) is 3.65. The molecule has 28 heavy (non-hydrogen) atoms. The lowest BCUT2D eigenvalue weighted by molar-refractivity contribution is 0.0729. The molecule has 0 aliphatic rings. The molecule has 0 atom stereocenters. The van der Waals surface area contributed by atoms with E-state index in [4.69, 9.17) is 4.74 Å². The first kappa shape index (κ1) is 19.4. The van der Waals surface area contributed by atoms with E-state index in [1.807, 2.05) is 6.07 Å². The van der Waals surface area contributed by atoms with Crippen LogP contribution in [-0.2, 0) is 0 Å². The van der Waals surface area contributed by atoms with Crippen molar-refractivity contribution in [1.29, 1.82) is 0 Å². The van der Waals surface area contributed by atoms with Crippen LogP contribution < -0.4 is 10.2 Å². The Labute approximate surface area is 169 Å².